The maximum Gasteiger partial charge on any atom is 0.239 e. The quantitative estimate of drug-likeness (QED) is 0.828. The maximum absolute atomic E-state index is 12.5. The molecule has 0 spiro atoms. The third kappa shape index (κ3) is 3.44. The van der Waals surface area contributed by atoms with E-state index in [2.05, 4.69) is 16.7 Å². The smallest absolute Gasteiger partial charge is 0.239 e. The molecule has 2 saturated heterocycles. The molecule has 1 aromatic carbocycles. The summed E-state index contributed by atoms with van der Waals surface area (Å²) in [6, 6.07) is 5.80. The number of fused-ring (bicyclic) bond motifs is 1. The molecule has 2 N–H and O–H groups in total. The number of carbonyl (C=O) groups excluding carboxylic acids is 1. The second-order valence-electron chi connectivity index (χ2n) is 6.76. The number of morpholine rings is 1. The summed E-state index contributed by atoms with van der Waals surface area (Å²) in [7, 11) is 0. The van der Waals surface area contributed by atoms with Gasteiger partial charge in [0.25, 0.3) is 0 Å². The number of ether oxygens (including phenoxy) is 4. The summed E-state index contributed by atoms with van der Waals surface area (Å²) in [4.78, 5) is 12.5. The molecule has 0 saturated carbocycles. The Balaban J connectivity index is 1.50. The molecule has 3 heterocycles. The Morgan fingerprint density at radius 2 is 2.00 bits per heavy atom. The zero-order chi connectivity index (χ0) is 17.1. The third-order valence-corrected chi connectivity index (χ3v) is 5.27. The highest BCUT2D eigenvalue weighted by Crippen LogP contribution is 2.40. The number of benzene rings is 1. The highest BCUT2D eigenvalue weighted by molar-refractivity contribution is 5.82. The van der Waals surface area contributed by atoms with E-state index in [1.165, 1.54) is 0 Å². The number of hydrogen-bond donors (Lipinski definition) is 2. The number of hydrogen-bond acceptors (Lipinski definition) is 6. The average molecular weight is 348 g/mol. The van der Waals surface area contributed by atoms with E-state index in [9.17, 15) is 4.79 Å². The molecule has 1 amide bonds. The van der Waals surface area contributed by atoms with Gasteiger partial charge in [-0.15, -0.1) is 0 Å². The Morgan fingerprint density at radius 1 is 1.16 bits per heavy atom. The summed E-state index contributed by atoms with van der Waals surface area (Å²) < 4.78 is 21.9. The normalized spacial score (nSPS) is 24.7. The van der Waals surface area contributed by atoms with Gasteiger partial charge in [-0.05, 0) is 30.5 Å². The minimum absolute atomic E-state index is 0.00805. The molecule has 3 aliphatic heterocycles. The summed E-state index contributed by atoms with van der Waals surface area (Å²) in [6.45, 7) is 4.00. The van der Waals surface area contributed by atoms with Crippen molar-refractivity contribution in [3.8, 4) is 11.5 Å². The number of amides is 1. The Bertz CT molecular complexity index is 624. The molecule has 7 nitrogen and oxygen atoms in total. The van der Waals surface area contributed by atoms with Gasteiger partial charge in [-0.1, -0.05) is 6.07 Å². The fourth-order valence-corrected chi connectivity index (χ4v) is 3.67. The van der Waals surface area contributed by atoms with Crippen molar-refractivity contribution in [3.63, 3.8) is 0 Å². The maximum atomic E-state index is 12.5. The van der Waals surface area contributed by atoms with Crippen LogP contribution in [0.15, 0.2) is 18.2 Å². The molecule has 0 radical (unpaired) electrons. The fraction of sp³-hybridized carbons (Fsp3) is 0.611. The van der Waals surface area contributed by atoms with E-state index in [0.29, 0.717) is 39.5 Å². The lowest BCUT2D eigenvalue weighted by Crippen LogP contribution is -2.54. The first-order valence-electron chi connectivity index (χ1n) is 8.84. The zero-order valence-corrected chi connectivity index (χ0v) is 14.2. The van der Waals surface area contributed by atoms with Gasteiger partial charge in [-0.25, -0.2) is 0 Å². The predicted molar refractivity (Wildman–Crippen MR) is 89.9 cm³/mol. The van der Waals surface area contributed by atoms with Crippen molar-refractivity contribution in [3.05, 3.63) is 23.8 Å². The van der Waals surface area contributed by atoms with Crippen LogP contribution in [0.5, 0.6) is 11.5 Å². The van der Waals surface area contributed by atoms with Gasteiger partial charge in [-0.2, -0.15) is 0 Å². The van der Waals surface area contributed by atoms with Crippen LogP contribution in [-0.4, -0.2) is 58.3 Å². The van der Waals surface area contributed by atoms with Crippen LogP contribution in [0.3, 0.4) is 0 Å². The summed E-state index contributed by atoms with van der Waals surface area (Å²) in [5.41, 5.74) is 1.01. The first-order valence-corrected chi connectivity index (χ1v) is 8.84. The highest BCUT2D eigenvalue weighted by atomic mass is 16.7. The van der Waals surface area contributed by atoms with Crippen LogP contribution in [0.1, 0.15) is 18.4 Å². The van der Waals surface area contributed by atoms with Gasteiger partial charge in [0.05, 0.1) is 13.2 Å². The van der Waals surface area contributed by atoms with Crippen molar-refractivity contribution in [2.75, 3.05) is 46.3 Å². The van der Waals surface area contributed by atoms with Crippen molar-refractivity contribution in [1.29, 1.82) is 0 Å². The van der Waals surface area contributed by atoms with E-state index < -0.39 is 0 Å². The van der Waals surface area contributed by atoms with Gasteiger partial charge in [-0.3, -0.25) is 4.79 Å². The van der Waals surface area contributed by atoms with E-state index in [1.807, 2.05) is 12.1 Å². The second kappa shape index (κ2) is 7.19. The molecule has 7 heteroatoms. The minimum Gasteiger partial charge on any atom is -0.454 e. The van der Waals surface area contributed by atoms with Crippen molar-refractivity contribution >= 4 is 5.91 Å². The molecule has 1 atom stereocenters. The Hall–Kier alpha value is -1.83. The molecule has 1 unspecified atom stereocenters. The lowest BCUT2D eigenvalue weighted by Gasteiger charge is -2.38. The van der Waals surface area contributed by atoms with Gasteiger partial charge in [0.1, 0.15) is 6.04 Å². The molecular formula is C18H24N2O5. The molecule has 4 rings (SSSR count). The average Bonchev–Trinajstić information content (AvgIpc) is 3.15. The molecule has 25 heavy (non-hydrogen) atoms. The van der Waals surface area contributed by atoms with Crippen LogP contribution < -0.4 is 20.1 Å². The minimum atomic E-state index is -0.276. The van der Waals surface area contributed by atoms with E-state index in [4.69, 9.17) is 18.9 Å². The Morgan fingerprint density at radius 3 is 2.80 bits per heavy atom. The van der Waals surface area contributed by atoms with Gasteiger partial charge in [0.15, 0.2) is 11.5 Å². The fourth-order valence-electron chi connectivity index (χ4n) is 3.67. The lowest BCUT2D eigenvalue weighted by atomic mass is 9.74. The second-order valence-corrected chi connectivity index (χ2v) is 6.76. The summed E-state index contributed by atoms with van der Waals surface area (Å²) in [6.07, 6.45) is 1.73. The molecule has 3 aliphatic rings. The first kappa shape index (κ1) is 16.6. The van der Waals surface area contributed by atoms with Crippen LogP contribution >= 0.6 is 0 Å². The Kier molecular flexibility index (Phi) is 4.78. The summed E-state index contributed by atoms with van der Waals surface area (Å²) in [5.74, 6) is 1.54. The van der Waals surface area contributed by atoms with E-state index in [1.54, 1.807) is 0 Å². The SMILES string of the molecule is O=C(NCC1(c2ccc3c(c2)OCO3)CCOCC1)C1COCCN1. The van der Waals surface area contributed by atoms with Crippen LogP contribution in [0.2, 0.25) is 0 Å². The monoisotopic (exact) mass is 348 g/mol. The summed E-state index contributed by atoms with van der Waals surface area (Å²) in [5, 5.41) is 6.31. The Labute approximate surface area is 147 Å². The molecule has 0 aliphatic carbocycles. The van der Waals surface area contributed by atoms with E-state index in [-0.39, 0.29) is 24.2 Å². The zero-order valence-electron chi connectivity index (χ0n) is 14.2. The molecule has 1 aromatic rings. The van der Waals surface area contributed by atoms with E-state index >= 15 is 0 Å². The number of rotatable bonds is 4. The van der Waals surface area contributed by atoms with Gasteiger partial charge < -0.3 is 29.6 Å². The lowest BCUT2D eigenvalue weighted by molar-refractivity contribution is -0.126. The van der Waals surface area contributed by atoms with Crippen molar-refractivity contribution in [2.24, 2.45) is 0 Å². The van der Waals surface area contributed by atoms with Gasteiger partial charge >= 0.3 is 0 Å². The largest absolute Gasteiger partial charge is 0.454 e. The van der Waals surface area contributed by atoms with Crippen LogP contribution in [0.25, 0.3) is 0 Å². The van der Waals surface area contributed by atoms with Crippen LogP contribution in [-0.2, 0) is 19.7 Å². The molecule has 0 bridgehead atoms. The standard InChI is InChI=1S/C18H24N2O5/c21-17(14-10-23-8-5-19-14)20-11-18(3-6-22-7-4-18)13-1-2-15-16(9-13)25-12-24-15/h1-2,9,14,19H,3-8,10-12H2,(H,20,21). The van der Waals surface area contributed by atoms with Crippen molar-refractivity contribution < 1.29 is 23.7 Å². The van der Waals surface area contributed by atoms with Crippen molar-refractivity contribution in [2.45, 2.75) is 24.3 Å². The molecule has 0 aromatic heterocycles. The van der Waals surface area contributed by atoms with Crippen LogP contribution in [0, 0.1) is 0 Å². The first-order chi connectivity index (χ1) is 12.3. The third-order valence-electron chi connectivity index (χ3n) is 5.27. The van der Waals surface area contributed by atoms with Crippen molar-refractivity contribution in [1.82, 2.24) is 10.6 Å². The molecule has 136 valence electrons. The van der Waals surface area contributed by atoms with Gasteiger partial charge in [0.2, 0.25) is 12.7 Å². The molecule has 2 fully saturated rings. The summed E-state index contributed by atoms with van der Waals surface area (Å²) >= 11 is 0. The van der Waals surface area contributed by atoms with E-state index in [0.717, 1.165) is 29.9 Å². The highest BCUT2D eigenvalue weighted by Gasteiger charge is 2.36. The topological polar surface area (TPSA) is 78.1 Å². The van der Waals surface area contributed by atoms with Gasteiger partial charge in [0, 0.05) is 31.7 Å². The molecular weight excluding hydrogens is 324 g/mol. The van der Waals surface area contributed by atoms with Crippen LogP contribution in [0.4, 0.5) is 0 Å². The number of carbonyl (C=O) groups is 1. The predicted octanol–water partition coefficient (Wildman–Crippen LogP) is 0.568. The number of nitrogens with one attached hydrogen (secondary N) is 2.